The first-order valence-corrected chi connectivity index (χ1v) is 10.9. The van der Waals surface area contributed by atoms with Crippen molar-refractivity contribution in [1.82, 2.24) is 9.97 Å². The second-order valence-corrected chi connectivity index (χ2v) is 8.33. The predicted octanol–water partition coefficient (Wildman–Crippen LogP) is 3.78. The number of benzene rings is 1. The number of carbonyl (C=O) groups excluding carboxylic acids is 2. The van der Waals surface area contributed by atoms with Crippen LogP contribution in [0, 0.1) is 5.92 Å². The van der Waals surface area contributed by atoms with Gasteiger partial charge in [0.1, 0.15) is 12.1 Å². The van der Waals surface area contributed by atoms with Gasteiger partial charge in [-0.2, -0.15) is 0 Å². The van der Waals surface area contributed by atoms with Crippen LogP contribution in [0.4, 0.5) is 17.3 Å². The molecule has 4 rings (SSSR count). The first kappa shape index (κ1) is 20.3. The van der Waals surface area contributed by atoms with Crippen LogP contribution < -0.4 is 16.0 Å². The van der Waals surface area contributed by atoms with Crippen molar-refractivity contribution < 1.29 is 9.59 Å². The van der Waals surface area contributed by atoms with E-state index in [2.05, 4.69) is 32.3 Å². The zero-order chi connectivity index (χ0) is 20.9. The quantitative estimate of drug-likeness (QED) is 0.707. The van der Waals surface area contributed by atoms with Gasteiger partial charge in [-0.1, -0.05) is 12.1 Å². The number of rotatable bonds is 6. The average Bonchev–Trinajstić information content (AvgIpc) is 2.80. The van der Waals surface area contributed by atoms with Crippen molar-refractivity contribution in [2.45, 2.75) is 50.9 Å². The molecule has 0 bridgehead atoms. The van der Waals surface area contributed by atoms with Gasteiger partial charge in [0.2, 0.25) is 0 Å². The summed E-state index contributed by atoms with van der Waals surface area (Å²) in [6.45, 7) is 1.90. The predicted molar refractivity (Wildman–Crippen MR) is 117 cm³/mol. The zero-order valence-corrected chi connectivity index (χ0v) is 17.2. The van der Waals surface area contributed by atoms with E-state index in [-0.39, 0.29) is 11.6 Å². The standard InChI is InChI=1S/C23H29N5O2/c24-22(30)21-23(27-20(14-25-21)28-12-2-1-3-13-28)26-19-10-8-18(9-11-19)17-6-4-16(15-29)5-7-17/h8-11,14-17H,1-7,12-13H2,(H2,24,30)(H,26,27). The molecule has 1 aromatic carbocycles. The Balaban J connectivity index is 1.50. The number of nitrogens with one attached hydrogen (secondary N) is 1. The summed E-state index contributed by atoms with van der Waals surface area (Å²) >= 11 is 0. The molecule has 0 atom stereocenters. The van der Waals surface area contributed by atoms with Crippen molar-refractivity contribution >= 4 is 29.5 Å². The molecule has 1 amide bonds. The maximum absolute atomic E-state index is 11.9. The lowest BCUT2D eigenvalue weighted by atomic mass is 9.79. The fraction of sp³-hybridized carbons (Fsp3) is 0.478. The summed E-state index contributed by atoms with van der Waals surface area (Å²) in [6.07, 6.45) is 10.3. The van der Waals surface area contributed by atoms with Gasteiger partial charge in [0.05, 0.1) is 6.20 Å². The number of piperidine rings is 1. The molecule has 0 radical (unpaired) electrons. The summed E-state index contributed by atoms with van der Waals surface area (Å²) in [5, 5.41) is 3.23. The van der Waals surface area contributed by atoms with Gasteiger partial charge in [0, 0.05) is 24.7 Å². The number of anilines is 3. The molecule has 1 saturated carbocycles. The number of carbonyl (C=O) groups is 2. The van der Waals surface area contributed by atoms with E-state index >= 15 is 0 Å². The fourth-order valence-corrected chi connectivity index (χ4v) is 4.49. The van der Waals surface area contributed by atoms with Crippen LogP contribution in [0.2, 0.25) is 0 Å². The molecule has 2 aromatic rings. The van der Waals surface area contributed by atoms with E-state index < -0.39 is 5.91 Å². The maximum atomic E-state index is 11.9. The third-order valence-electron chi connectivity index (χ3n) is 6.28. The third-order valence-corrected chi connectivity index (χ3v) is 6.28. The largest absolute Gasteiger partial charge is 0.364 e. The molecule has 0 unspecified atom stereocenters. The molecule has 30 heavy (non-hydrogen) atoms. The zero-order valence-electron chi connectivity index (χ0n) is 17.2. The Bertz CT molecular complexity index is 885. The van der Waals surface area contributed by atoms with E-state index in [1.54, 1.807) is 6.20 Å². The highest BCUT2D eigenvalue weighted by molar-refractivity contribution is 5.96. The van der Waals surface area contributed by atoms with Crippen LogP contribution in [0.15, 0.2) is 30.5 Å². The van der Waals surface area contributed by atoms with E-state index in [1.165, 1.54) is 12.0 Å². The smallest absolute Gasteiger partial charge is 0.271 e. The highest BCUT2D eigenvalue weighted by Gasteiger charge is 2.22. The Hall–Kier alpha value is -2.96. The van der Waals surface area contributed by atoms with Crippen molar-refractivity contribution in [2.75, 3.05) is 23.3 Å². The van der Waals surface area contributed by atoms with Crippen LogP contribution in [-0.2, 0) is 4.79 Å². The van der Waals surface area contributed by atoms with E-state index in [0.29, 0.717) is 11.7 Å². The number of hydrogen-bond acceptors (Lipinski definition) is 6. The Labute approximate surface area is 177 Å². The Morgan fingerprint density at radius 3 is 2.40 bits per heavy atom. The second kappa shape index (κ2) is 9.24. The maximum Gasteiger partial charge on any atom is 0.271 e. The van der Waals surface area contributed by atoms with E-state index in [1.807, 2.05) is 12.1 Å². The van der Waals surface area contributed by atoms with Crippen LogP contribution in [0.5, 0.6) is 0 Å². The summed E-state index contributed by atoms with van der Waals surface area (Å²) in [7, 11) is 0. The first-order chi connectivity index (χ1) is 14.6. The lowest BCUT2D eigenvalue weighted by Crippen LogP contribution is -2.31. The molecule has 2 heterocycles. The number of nitrogens with two attached hydrogens (primary N) is 1. The number of aromatic nitrogens is 2. The van der Waals surface area contributed by atoms with E-state index in [9.17, 15) is 9.59 Å². The van der Waals surface area contributed by atoms with E-state index in [0.717, 1.165) is 69.4 Å². The van der Waals surface area contributed by atoms with Gasteiger partial charge in [-0.3, -0.25) is 4.79 Å². The minimum atomic E-state index is -0.598. The van der Waals surface area contributed by atoms with Crippen LogP contribution in [0.1, 0.15) is 66.9 Å². The molecule has 158 valence electrons. The first-order valence-electron chi connectivity index (χ1n) is 10.9. The van der Waals surface area contributed by atoms with Gasteiger partial charge in [0.25, 0.3) is 5.91 Å². The second-order valence-electron chi connectivity index (χ2n) is 8.33. The number of hydrogen-bond donors (Lipinski definition) is 2. The van der Waals surface area contributed by atoms with Crippen molar-refractivity contribution in [2.24, 2.45) is 11.7 Å². The number of amides is 1. The fourth-order valence-electron chi connectivity index (χ4n) is 4.49. The lowest BCUT2D eigenvalue weighted by Gasteiger charge is -2.28. The van der Waals surface area contributed by atoms with Gasteiger partial charge in [-0.25, -0.2) is 9.97 Å². The molecule has 1 saturated heterocycles. The number of primary amides is 1. The summed E-state index contributed by atoms with van der Waals surface area (Å²) in [4.78, 5) is 34.0. The van der Waals surface area contributed by atoms with Crippen molar-refractivity contribution in [3.63, 3.8) is 0 Å². The topological polar surface area (TPSA) is 101 Å². The monoisotopic (exact) mass is 407 g/mol. The number of nitrogens with zero attached hydrogens (tertiary/aromatic N) is 3. The van der Waals surface area contributed by atoms with E-state index in [4.69, 9.17) is 5.73 Å². The van der Waals surface area contributed by atoms with Crippen molar-refractivity contribution in [3.05, 3.63) is 41.7 Å². The van der Waals surface area contributed by atoms with Crippen molar-refractivity contribution in [3.8, 4) is 0 Å². The minimum Gasteiger partial charge on any atom is -0.364 e. The molecule has 2 aliphatic rings. The summed E-state index contributed by atoms with van der Waals surface area (Å²) < 4.78 is 0. The summed E-state index contributed by atoms with van der Waals surface area (Å²) in [6, 6.07) is 8.22. The Morgan fingerprint density at radius 2 is 1.77 bits per heavy atom. The highest BCUT2D eigenvalue weighted by Crippen LogP contribution is 2.35. The average molecular weight is 408 g/mol. The molecule has 1 aliphatic carbocycles. The highest BCUT2D eigenvalue weighted by atomic mass is 16.1. The van der Waals surface area contributed by atoms with Crippen molar-refractivity contribution in [1.29, 1.82) is 0 Å². The summed E-state index contributed by atoms with van der Waals surface area (Å²) in [5.74, 6) is 1.29. The van der Waals surface area contributed by atoms with Crippen LogP contribution in [0.25, 0.3) is 0 Å². The molecular weight excluding hydrogens is 378 g/mol. The van der Waals surface area contributed by atoms with Crippen LogP contribution in [-0.4, -0.2) is 35.3 Å². The number of aldehydes is 1. The lowest BCUT2D eigenvalue weighted by molar-refractivity contribution is -0.111. The SMILES string of the molecule is NC(=O)c1ncc(N2CCCCC2)nc1Nc1ccc(C2CCC(C=O)CC2)cc1. The van der Waals surface area contributed by atoms with Crippen LogP contribution >= 0.6 is 0 Å². The molecule has 1 aliphatic heterocycles. The van der Waals surface area contributed by atoms with Gasteiger partial charge < -0.3 is 20.7 Å². The molecule has 7 heteroatoms. The van der Waals surface area contributed by atoms with Gasteiger partial charge in [-0.05, 0) is 68.6 Å². The molecule has 7 nitrogen and oxygen atoms in total. The van der Waals surface area contributed by atoms with Crippen LogP contribution in [0.3, 0.4) is 0 Å². The molecular formula is C23H29N5O2. The minimum absolute atomic E-state index is 0.145. The Morgan fingerprint density at radius 1 is 1.07 bits per heavy atom. The summed E-state index contributed by atoms with van der Waals surface area (Å²) in [5.41, 5.74) is 7.79. The third kappa shape index (κ3) is 4.61. The molecule has 0 spiro atoms. The molecule has 2 fully saturated rings. The molecule has 3 N–H and O–H groups in total. The van der Waals surface area contributed by atoms with Gasteiger partial charge in [0.15, 0.2) is 11.5 Å². The normalized spacial score (nSPS) is 21.8. The Kier molecular flexibility index (Phi) is 6.26. The van der Waals surface area contributed by atoms with Gasteiger partial charge >= 0.3 is 0 Å². The molecule has 1 aromatic heterocycles. The van der Waals surface area contributed by atoms with Gasteiger partial charge in [-0.15, -0.1) is 0 Å².